The standard InChI is InChI=1S/C7H7Cl.C2H5Cl3Si/c8-6-7-4-2-1-3-5-7;1-2-6(3,4)5/h1-5H,6H2;2H2,1H3. The van der Waals surface area contributed by atoms with Gasteiger partial charge >= 0.3 is 6.00 Å². The summed E-state index contributed by atoms with van der Waals surface area (Å²) in [6.07, 6.45) is 0. The van der Waals surface area contributed by atoms with Gasteiger partial charge in [-0.1, -0.05) is 37.3 Å². The van der Waals surface area contributed by atoms with Crippen molar-refractivity contribution in [1.29, 1.82) is 0 Å². The predicted molar refractivity (Wildman–Crippen MR) is 69.8 cm³/mol. The third-order valence-corrected chi connectivity index (χ3v) is 4.91. The highest BCUT2D eigenvalue weighted by atomic mass is 35.8. The summed E-state index contributed by atoms with van der Waals surface area (Å²) in [7, 11) is 0. The second kappa shape index (κ2) is 7.83. The smallest absolute Gasteiger partial charge is 0.126 e. The monoisotopic (exact) mass is 288 g/mol. The van der Waals surface area contributed by atoms with E-state index in [1.165, 1.54) is 5.56 Å². The molecular formula is C9H12Cl4Si. The minimum absolute atomic E-state index is 0.612. The largest absolute Gasteiger partial charge is 0.341 e. The van der Waals surface area contributed by atoms with Crippen molar-refractivity contribution in [2.24, 2.45) is 0 Å². The molecule has 0 atom stereocenters. The second-order valence-corrected chi connectivity index (χ2v) is 12.3. The van der Waals surface area contributed by atoms with Crippen molar-refractivity contribution in [2.75, 3.05) is 0 Å². The molecule has 1 aromatic rings. The summed E-state index contributed by atoms with van der Waals surface area (Å²) in [4.78, 5) is 0. The van der Waals surface area contributed by atoms with Gasteiger partial charge in [0.2, 0.25) is 0 Å². The lowest BCUT2D eigenvalue weighted by atomic mass is 10.2. The number of benzene rings is 1. The minimum Gasteiger partial charge on any atom is -0.126 e. The number of rotatable bonds is 2. The first-order valence-electron chi connectivity index (χ1n) is 4.16. The van der Waals surface area contributed by atoms with Gasteiger partial charge in [0, 0.05) is 5.88 Å². The first-order valence-corrected chi connectivity index (χ1v) is 9.94. The Kier molecular flexibility index (Phi) is 8.17. The van der Waals surface area contributed by atoms with E-state index >= 15 is 0 Å². The fourth-order valence-corrected chi connectivity index (χ4v) is 0.745. The zero-order chi connectivity index (χ0) is 11.0. The van der Waals surface area contributed by atoms with Gasteiger partial charge in [0.1, 0.15) is 0 Å². The van der Waals surface area contributed by atoms with E-state index in [2.05, 4.69) is 0 Å². The molecule has 0 unspecified atom stereocenters. The molecule has 0 heterocycles. The normalized spacial score (nSPS) is 10.4. The van der Waals surface area contributed by atoms with Crippen LogP contribution in [-0.2, 0) is 5.88 Å². The van der Waals surface area contributed by atoms with Gasteiger partial charge in [-0.25, -0.2) is 0 Å². The molecule has 0 aliphatic heterocycles. The van der Waals surface area contributed by atoms with Gasteiger partial charge in [0.05, 0.1) is 0 Å². The summed E-state index contributed by atoms with van der Waals surface area (Å²) < 4.78 is 0. The molecule has 0 radical (unpaired) electrons. The van der Waals surface area contributed by atoms with E-state index in [0.717, 1.165) is 0 Å². The Hall–Kier alpha value is 0.597. The molecule has 0 amide bonds. The fourth-order valence-electron chi connectivity index (χ4n) is 0.567. The van der Waals surface area contributed by atoms with Gasteiger partial charge in [0.15, 0.2) is 0 Å². The first kappa shape index (κ1) is 14.6. The van der Waals surface area contributed by atoms with E-state index in [-0.39, 0.29) is 0 Å². The van der Waals surface area contributed by atoms with Crippen molar-refractivity contribution in [3.63, 3.8) is 0 Å². The lowest BCUT2D eigenvalue weighted by Crippen LogP contribution is -2.04. The van der Waals surface area contributed by atoms with Crippen molar-refractivity contribution < 1.29 is 0 Å². The molecule has 0 saturated heterocycles. The molecule has 5 heteroatoms. The van der Waals surface area contributed by atoms with Gasteiger partial charge in [-0.3, -0.25) is 0 Å². The van der Waals surface area contributed by atoms with Crippen LogP contribution in [0.4, 0.5) is 0 Å². The molecule has 0 bridgehead atoms. The van der Waals surface area contributed by atoms with E-state index < -0.39 is 6.00 Å². The summed E-state index contributed by atoms with van der Waals surface area (Å²) in [6.45, 7) is 1.87. The molecule has 0 aromatic heterocycles. The van der Waals surface area contributed by atoms with Gasteiger partial charge in [-0.05, 0) is 11.6 Å². The maximum atomic E-state index is 5.53. The molecule has 1 rings (SSSR count). The van der Waals surface area contributed by atoms with E-state index in [9.17, 15) is 0 Å². The van der Waals surface area contributed by atoms with Crippen LogP contribution in [0.1, 0.15) is 12.5 Å². The van der Waals surface area contributed by atoms with Crippen LogP contribution in [0, 0.1) is 0 Å². The highest BCUT2D eigenvalue weighted by Crippen LogP contribution is 2.23. The average molecular weight is 290 g/mol. The Morgan fingerprint density at radius 3 is 1.71 bits per heavy atom. The van der Waals surface area contributed by atoms with Crippen LogP contribution in [0.25, 0.3) is 0 Å². The van der Waals surface area contributed by atoms with Crippen LogP contribution in [0.15, 0.2) is 30.3 Å². The molecule has 0 N–H and O–H groups in total. The topological polar surface area (TPSA) is 0 Å². The molecule has 0 spiro atoms. The summed E-state index contributed by atoms with van der Waals surface area (Å²) in [5, 5.41) is 0. The van der Waals surface area contributed by atoms with Crippen molar-refractivity contribution in [2.45, 2.75) is 18.8 Å². The zero-order valence-corrected chi connectivity index (χ0v) is 11.8. The Balaban J connectivity index is 0.000000255. The van der Waals surface area contributed by atoms with Crippen molar-refractivity contribution in [3.8, 4) is 0 Å². The summed E-state index contributed by atoms with van der Waals surface area (Å²) in [5.74, 6) is 0.612. The van der Waals surface area contributed by atoms with E-state index in [1.54, 1.807) is 0 Å². The van der Waals surface area contributed by atoms with Crippen molar-refractivity contribution in [1.82, 2.24) is 0 Å². The van der Waals surface area contributed by atoms with Gasteiger partial charge in [0.25, 0.3) is 0 Å². The summed E-state index contributed by atoms with van der Waals surface area (Å²) >= 11 is 21.7. The number of alkyl halides is 1. The number of hydrogen-bond donors (Lipinski definition) is 0. The van der Waals surface area contributed by atoms with Crippen LogP contribution in [0.2, 0.25) is 6.04 Å². The SMILES string of the molecule is CC[Si](Cl)(Cl)Cl.ClCc1ccccc1. The second-order valence-electron chi connectivity index (χ2n) is 2.59. The maximum absolute atomic E-state index is 5.53. The lowest BCUT2D eigenvalue weighted by molar-refractivity contribution is 1.41. The molecule has 80 valence electrons. The highest BCUT2D eigenvalue weighted by Gasteiger charge is 2.20. The van der Waals surface area contributed by atoms with Crippen LogP contribution in [-0.4, -0.2) is 6.00 Å². The highest BCUT2D eigenvalue weighted by molar-refractivity contribution is 7.64. The zero-order valence-electron chi connectivity index (χ0n) is 7.81. The summed E-state index contributed by atoms with van der Waals surface area (Å²) in [6, 6.07) is 8.46. The molecular weight excluding hydrogens is 278 g/mol. The molecule has 0 aliphatic carbocycles. The van der Waals surface area contributed by atoms with Crippen LogP contribution >= 0.6 is 44.8 Å². The molecule has 0 aliphatic rings. The maximum Gasteiger partial charge on any atom is 0.341 e. The minimum atomic E-state index is -2.21. The molecule has 0 fully saturated rings. The third-order valence-electron chi connectivity index (χ3n) is 1.40. The molecule has 0 saturated carbocycles. The van der Waals surface area contributed by atoms with Crippen molar-refractivity contribution >= 4 is 50.8 Å². The fraction of sp³-hybridized carbons (Fsp3) is 0.333. The quantitative estimate of drug-likeness (QED) is 0.404. The Bertz CT molecular complexity index is 232. The first-order chi connectivity index (χ1) is 6.49. The van der Waals surface area contributed by atoms with E-state index in [0.29, 0.717) is 11.9 Å². The Morgan fingerprint density at radius 2 is 1.50 bits per heavy atom. The van der Waals surface area contributed by atoms with Gasteiger partial charge < -0.3 is 0 Å². The Morgan fingerprint density at radius 1 is 1.07 bits per heavy atom. The lowest BCUT2D eigenvalue weighted by Gasteiger charge is -1.98. The predicted octanol–water partition coefficient (Wildman–Crippen LogP) is 5.09. The van der Waals surface area contributed by atoms with E-state index in [1.807, 2.05) is 37.3 Å². The van der Waals surface area contributed by atoms with Gasteiger partial charge in [-0.15, -0.1) is 44.8 Å². The van der Waals surface area contributed by atoms with Crippen molar-refractivity contribution in [3.05, 3.63) is 35.9 Å². The van der Waals surface area contributed by atoms with Crippen LogP contribution < -0.4 is 0 Å². The molecule has 1 aromatic carbocycles. The average Bonchev–Trinajstić information content (AvgIpc) is 2.19. The van der Waals surface area contributed by atoms with Crippen LogP contribution in [0.3, 0.4) is 0 Å². The molecule has 0 nitrogen and oxygen atoms in total. The summed E-state index contributed by atoms with van der Waals surface area (Å²) in [5.41, 5.74) is 1.18. The van der Waals surface area contributed by atoms with E-state index in [4.69, 9.17) is 44.8 Å². The van der Waals surface area contributed by atoms with Crippen LogP contribution in [0.5, 0.6) is 0 Å². The molecule has 14 heavy (non-hydrogen) atoms. The Labute approximate surface area is 105 Å². The third kappa shape index (κ3) is 9.16. The number of halogens is 4. The number of hydrogen-bond acceptors (Lipinski definition) is 0. The van der Waals surface area contributed by atoms with Gasteiger partial charge in [-0.2, -0.15) is 0 Å².